The Morgan fingerprint density at radius 3 is 2.53 bits per heavy atom. The predicted molar refractivity (Wildman–Crippen MR) is 62.9 cm³/mol. The van der Waals surface area contributed by atoms with Crippen LogP contribution in [0.25, 0.3) is 0 Å². The molecular weight excluding hydrogens is 218 g/mol. The van der Waals surface area contributed by atoms with Crippen molar-refractivity contribution in [3.8, 4) is 0 Å². The standard InChI is InChI=1S/C12H17N3O2/c1-10-8-13-9-11(14-10)15-4-2-12(3-5-15)16-6-7-17-12/h8-9H,2-7H2,1H3. The zero-order chi connectivity index (χ0) is 11.7. The third kappa shape index (κ3) is 2.12. The summed E-state index contributed by atoms with van der Waals surface area (Å²) in [6.45, 7) is 5.25. The molecule has 92 valence electrons. The summed E-state index contributed by atoms with van der Waals surface area (Å²) in [5.74, 6) is 0.645. The zero-order valence-corrected chi connectivity index (χ0v) is 10.1. The maximum absolute atomic E-state index is 5.70. The normalized spacial score (nSPS) is 23.2. The molecule has 0 N–H and O–H groups in total. The Morgan fingerprint density at radius 1 is 1.18 bits per heavy atom. The molecule has 0 aliphatic carbocycles. The minimum absolute atomic E-state index is 0.312. The Morgan fingerprint density at radius 2 is 1.88 bits per heavy atom. The average Bonchev–Trinajstić information content (AvgIpc) is 2.79. The van der Waals surface area contributed by atoms with Crippen molar-refractivity contribution in [3.05, 3.63) is 18.1 Å². The first-order valence-electron chi connectivity index (χ1n) is 6.09. The molecule has 0 aromatic carbocycles. The maximum Gasteiger partial charge on any atom is 0.171 e. The maximum atomic E-state index is 5.70. The number of hydrogen-bond acceptors (Lipinski definition) is 5. The molecule has 0 radical (unpaired) electrons. The van der Waals surface area contributed by atoms with Crippen LogP contribution in [0.5, 0.6) is 0 Å². The molecule has 3 rings (SSSR count). The van der Waals surface area contributed by atoms with Crippen molar-refractivity contribution in [2.45, 2.75) is 25.6 Å². The highest BCUT2D eigenvalue weighted by Gasteiger charge is 2.40. The van der Waals surface area contributed by atoms with Crippen molar-refractivity contribution in [1.82, 2.24) is 9.97 Å². The fraction of sp³-hybridized carbons (Fsp3) is 0.667. The lowest BCUT2D eigenvalue weighted by Crippen LogP contribution is -2.45. The quantitative estimate of drug-likeness (QED) is 0.730. The summed E-state index contributed by atoms with van der Waals surface area (Å²) < 4.78 is 11.4. The van der Waals surface area contributed by atoms with E-state index in [1.165, 1.54) is 0 Å². The van der Waals surface area contributed by atoms with Crippen LogP contribution in [0.15, 0.2) is 12.4 Å². The molecule has 0 unspecified atom stereocenters. The highest BCUT2D eigenvalue weighted by molar-refractivity contribution is 5.36. The third-order valence-corrected chi connectivity index (χ3v) is 3.41. The van der Waals surface area contributed by atoms with Gasteiger partial charge in [-0.3, -0.25) is 4.98 Å². The van der Waals surface area contributed by atoms with Crippen molar-refractivity contribution < 1.29 is 9.47 Å². The lowest BCUT2D eigenvalue weighted by atomic mass is 10.0. The van der Waals surface area contributed by atoms with Gasteiger partial charge >= 0.3 is 0 Å². The zero-order valence-electron chi connectivity index (χ0n) is 10.1. The highest BCUT2D eigenvalue weighted by Crippen LogP contribution is 2.32. The van der Waals surface area contributed by atoms with E-state index in [9.17, 15) is 0 Å². The Labute approximate surface area is 101 Å². The third-order valence-electron chi connectivity index (χ3n) is 3.41. The molecule has 2 fully saturated rings. The van der Waals surface area contributed by atoms with Crippen LogP contribution >= 0.6 is 0 Å². The summed E-state index contributed by atoms with van der Waals surface area (Å²) in [4.78, 5) is 10.9. The lowest BCUT2D eigenvalue weighted by molar-refractivity contribution is -0.169. The fourth-order valence-electron chi connectivity index (χ4n) is 2.46. The minimum atomic E-state index is -0.312. The van der Waals surface area contributed by atoms with Gasteiger partial charge < -0.3 is 14.4 Å². The van der Waals surface area contributed by atoms with Gasteiger partial charge in [-0.15, -0.1) is 0 Å². The lowest BCUT2D eigenvalue weighted by Gasteiger charge is -2.38. The van der Waals surface area contributed by atoms with Gasteiger partial charge in [0.15, 0.2) is 5.79 Å². The summed E-state index contributed by atoms with van der Waals surface area (Å²) in [5.41, 5.74) is 0.955. The molecule has 17 heavy (non-hydrogen) atoms. The molecule has 1 aromatic heterocycles. The molecule has 0 amide bonds. The second-order valence-corrected chi connectivity index (χ2v) is 4.61. The molecule has 0 saturated carbocycles. The van der Waals surface area contributed by atoms with Crippen molar-refractivity contribution in [2.24, 2.45) is 0 Å². The second kappa shape index (κ2) is 4.23. The average molecular weight is 235 g/mol. The van der Waals surface area contributed by atoms with Crippen LogP contribution in [0.4, 0.5) is 5.82 Å². The summed E-state index contributed by atoms with van der Waals surface area (Å²) in [5, 5.41) is 0. The predicted octanol–water partition coefficient (Wildman–Crippen LogP) is 1.13. The molecule has 0 bridgehead atoms. The summed E-state index contributed by atoms with van der Waals surface area (Å²) in [7, 11) is 0. The van der Waals surface area contributed by atoms with Crippen molar-refractivity contribution >= 4 is 5.82 Å². The Bertz CT molecular complexity index is 394. The van der Waals surface area contributed by atoms with Crippen LogP contribution < -0.4 is 4.90 Å². The number of aromatic nitrogens is 2. The van der Waals surface area contributed by atoms with Gasteiger partial charge in [-0.1, -0.05) is 0 Å². The molecule has 3 heterocycles. The number of ether oxygens (including phenoxy) is 2. The van der Waals surface area contributed by atoms with Crippen molar-refractivity contribution in [2.75, 3.05) is 31.2 Å². The van der Waals surface area contributed by atoms with Crippen LogP contribution in [0.1, 0.15) is 18.5 Å². The number of piperidine rings is 1. The van der Waals surface area contributed by atoms with Gasteiger partial charge in [0, 0.05) is 32.1 Å². The first-order valence-corrected chi connectivity index (χ1v) is 6.09. The van der Waals surface area contributed by atoms with Crippen LogP contribution in [0.2, 0.25) is 0 Å². The highest BCUT2D eigenvalue weighted by atomic mass is 16.7. The molecular formula is C12H17N3O2. The van der Waals surface area contributed by atoms with Crippen LogP contribution in [0, 0.1) is 6.92 Å². The first kappa shape index (κ1) is 10.9. The van der Waals surface area contributed by atoms with Gasteiger partial charge in [-0.05, 0) is 6.92 Å². The molecule has 5 nitrogen and oxygen atoms in total. The molecule has 2 aliphatic rings. The molecule has 1 spiro atoms. The summed E-state index contributed by atoms with van der Waals surface area (Å²) in [6.07, 6.45) is 5.41. The van der Waals surface area contributed by atoms with E-state index in [1.54, 1.807) is 6.20 Å². The van der Waals surface area contributed by atoms with Gasteiger partial charge in [0.25, 0.3) is 0 Å². The Hall–Kier alpha value is -1.20. The Kier molecular flexibility index (Phi) is 2.72. The molecule has 1 aromatic rings. The monoisotopic (exact) mass is 235 g/mol. The fourth-order valence-corrected chi connectivity index (χ4v) is 2.46. The topological polar surface area (TPSA) is 47.5 Å². The number of rotatable bonds is 1. The van der Waals surface area contributed by atoms with Gasteiger partial charge in [-0.2, -0.15) is 0 Å². The van der Waals surface area contributed by atoms with Crippen molar-refractivity contribution in [1.29, 1.82) is 0 Å². The minimum Gasteiger partial charge on any atom is -0.355 e. The van der Waals surface area contributed by atoms with E-state index in [0.717, 1.165) is 50.7 Å². The van der Waals surface area contributed by atoms with Crippen LogP contribution in [-0.2, 0) is 9.47 Å². The summed E-state index contributed by atoms with van der Waals surface area (Å²) in [6, 6.07) is 0. The molecule has 2 saturated heterocycles. The van der Waals surface area contributed by atoms with Gasteiger partial charge in [0.1, 0.15) is 5.82 Å². The number of aryl methyl sites for hydroxylation is 1. The Balaban J connectivity index is 1.68. The molecule has 2 aliphatic heterocycles. The van der Waals surface area contributed by atoms with E-state index in [4.69, 9.17) is 9.47 Å². The van der Waals surface area contributed by atoms with Gasteiger partial charge in [-0.25, -0.2) is 4.98 Å². The van der Waals surface area contributed by atoms with Gasteiger partial charge in [0.2, 0.25) is 0 Å². The van der Waals surface area contributed by atoms with E-state index < -0.39 is 0 Å². The number of hydrogen-bond donors (Lipinski definition) is 0. The second-order valence-electron chi connectivity index (χ2n) is 4.61. The SMILES string of the molecule is Cc1cncc(N2CCC3(CC2)OCCO3)n1. The smallest absolute Gasteiger partial charge is 0.171 e. The van der Waals surface area contributed by atoms with Crippen LogP contribution in [0.3, 0.4) is 0 Å². The van der Waals surface area contributed by atoms with Crippen LogP contribution in [-0.4, -0.2) is 42.1 Å². The van der Waals surface area contributed by atoms with E-state index >= 15 is 0 Å². The summed E-state index contributed by atoms with van der Waals surface area (Å²) >= 11 is 0. The van der Waals surface area contributed by atoms with E-state index in [-0.39, 0.29) is 5.79 Å². The van der Waals surface area contributed by atoms with E-state index in [2.05, 4.69) is 14.9 Å². The molecule has 0 atom stereocenters. The largest absolute Gasteiger partial charge is 0.355 e. The van der Waals surface area contributed by atoms with Gasteiger partial charge in [0.05, 0.1) is 25.1 Å². The van der Waals surface area contributed by atoms with E-state index in [0.29, 0.717) is 0 Å². The van der Waals surface area contributed by atoms with E-state index in [1.807, 2.05) is 13.1 Å². The number of nitrogens with zero attached hydrogens (tertiary/aromatic N) is 3. The van der Waals surface area contributed by atoms with Crippen molar-refractivity contribution in [3.63, 3.8) is 0 Å². The molecule has 5 heteroatoms. The first-order chi connectivity index (χ1) is 8.27. The number of anilines is 1.